The molecule has 0 bridgehead atoms. The minimum atomic E-state index is -3.54. The third-order valence-corrected chi connectivity index (χ3v) is 1.22. The molecule has 1 N–H and O–H groups in total. The van der Waals surface area contributed by atoms with Gasteiger partial charge in [0.25, 0.3) is 0 Å². The van der Waals surface area contributed by atoms with Gasteiger partial charge >= 0.3 is 24.3 Å². The monoisotopic (exact) mass is 248 g/mol. The molecule has 0 aliphatic rings. The summed E-state index contributed by atoms with van der Waals surface area (Å²) in [6.45, 7) is 2.59. The van der Waals surface area contributed by atoms with Crippen LogP contribution in [0.5, 0.6) is 0 Å². The Balaban J connectivity index is 0. The Morgan fingerprint density at radius 2 is 1.75 bits per heavy atom. The Morgan fingerprint density at radius 1 is 1.31 bits per heavy atom. The van der Waals surface area contributed by atoms with E-state index in [0.29, 0.717) is 0 Å². The van der Waals surface area contributed by atoms with Gasteiger partial charge in [-0.05, 0) is 6.92 Å². The van der Waals surface area contributed by atoms with E-state index >= 15 is 0 Å². The summed E-state index contributed by atoms with van der Waals surface area (Å²) in [7, 11) is 0. The average molecular weight is 248 g/mol. The van der Waals surface area contributed by atoms with Gasteiger partial charge in [-0.3, -0.25) is 0 Å². The van der Waals surface area contributed by atoms with Crippen molar-refractivity contribution in [3.05, 3.63) is 0 Å². The minimum absolute atomic E-state index is 0.00315. The summed E-state index contributed by atoms with van der Waals surface area (Å²) >= 11 is 0. The molecule has 4 nitrogen and oxygen atoms in total. The Morgan fingerprint density at radius 3 is 1.81 bits per heavy atom. The second-order valence-corrected chi connectivity index (χ2v) is 2.42. The first-order valence-corrected chi connectivity index (χ1v) is 4.25. The Bertz CT molecular complexity index is 228. The summed E-state index contributed by atoms with van der Waals surface area (Å²) in [6.07, 6.45) is -3.64. The van der Waals surface area contributed by atoms with Crippen LogP contribution in [0.15, 0.2) is 0 Å². The molecule has 0 aliphatic heterocycles. The summed E-state index contributed by atoms with van der Waals surface area (Å²) in [4.78, 5) is 19.3. The van der Waals surface area contributed by atoms with Gasteiger partial charge in [0.05, 0.1) is 6.61 Å². The zero-order chi connectivity index (χ0) is 13.4. The van der Waals surface area contributed by atoms with Gasteiger partial charge in [0.2, 0.25) is 0 Å². The summed E-state index contributed by atoms with van der Waals surface area (Å²) < 4.78 is 49.5. The van der Waals surface area contributed by atoms with Gasteiger partial charge in [-0.25, -0.2) is 9.59 Å². The molecule has 0 aromatic carbocycles. The van der Waals surface area contributed by atoms with Crippen LogP contribution in [0.1, 0.15) is 20.3 Å². The molecule has 96 valence electrons. The quantitative estimate of drug-likeness (QED) is 0.610. The molecule has 0 radical (unpaired) electrons. The molecule has 0 fully saturated rings. The molecule has 0 unspecified atom stereocenters. The van der Waals surface area contributed by atoms with Crippen LogP contribution in [0.2, 0.25) is 0 Å². The molecular formula is C8H12F4O4. The van der Waals surface area contributed by atoms with Gasteiger partial charge in [0.1, 0.15) is 0 Å². The minimum Gasteiger partial charge on any atom is -0.477 e. The SMILES string of the molecule is CCC(F)(F)C(=O)O.CCOC(=O)C(F)F. The number of esters is 1. The van der Waals surface area contributed by atoms with Crippen molar-refractivity contribution < 1.29 is 37.0 Å². The number of carboxylic acids is 1. The lowest BCUT2D eigenvalue weighted by atomic mass is 10.3. The second kappa shape index (κ2) is 7.89. The number of hydrogen-bond acceptors (Lipinski definition) is 3. The summed E-state index contributed by atoms with van der Waals surface area (Å²) in [6, 6.07) is 0. The standard InChI is InChI=1S/2C4H6F2O2/c1-2-8-4(7)3(5)6;1-2-4(5,6)3(7)8/h3H,2H2,1H3;2H2,1H3,(H,7,8). The summed E-state index contributed by atoms with van der Waals surface area (Å²) in [5.41, 5.74) is 0. The maximum atomic E-state index is 11.7. The van der Waals surface area contributed by atoms with Crippen LogP contribution < -0.4 is 0 Å². The van der Waals surface area contributed by atoms with Gasteiger partial charge in [-0.2, -0.15) is 17.6 Å². The highest BCUT2D eigenvalue weighted by Crippen LogP contribution is 2.16. The van der Waals surface area contributed by atoms with Crippen LogP contribution in [0.4, 0.5) is 17.6 Å². The fraction of sp³-hybridized carbons (Fsp3) is 0.750. The Kier molecular flexibility index (Phi) is 8.41. The first-order chi connectivity index (χ1) is 7.18. The average Bonchev–Trinajstić information content (AvgIpc) is 2.18. The van der Waals surface area contributed by atoms with E-state index in [0.717, 1.165) is 6.92 Å². The normalized spacial score (nSPS) is 10.4. The smallest absolute Gasteiger partial charge is 0.374 e. The summed E-state index contributed by atoms with van der Waals surface area (Å²) in [5, 5.41) is 7.69. The zero-order valence-corrected chi connectivity index (χ0v) is 8.68. The van der Waals surface area contributed by atoms with E-state index < -0.39 is 30.7 Å². The lowest BCUT2D eigenvalue weighted by molar-refractivity contribution is -0.165. The van der Waals surface area contributed by atoms with Crippen molar-refractivity contribution in [1.29, 1.82) is 0 Å². The number of carbonyl (C=O) groups excluding carboxylic acids is 1. The number of rotatable bonds is 4. The largest absolute Gasteiger partial charge is 0.477 e. The molecule has 8 heteroatoms. The number of alkyl halides is 4. The lowest BCUT2D eigenvalue weighted by Gasteiger charge is -2.04. The summed E-state index contributed by atoms with van der Waals surface area (Å²) in [5.74, 6) is -7.05. The third kappa shape index (κ3) is 8.01. The van der Waals surface area contributed by atoms with E-state index in [1.165, 1.54) is 6.92 Å². The van der Waals surface area contributed by atoms with Crippen molar-refractivity contribution in [2.75, 3.05) is 6.61 Å². The highest BCUT2D eigenvalue weighted by Gasteiger charge is 2.35. The molecule has 0 saturated heterocycles. The second-order valence-electron chi connectivity index (χ2n) is 2.42. The van der Waals surface area contributed by atoms with Crippen molar-refractivity contribution in [2.45, 2.75) is 32.6 Å². The molecule has 0 heterocycles. The van der Waals surface area contributed by atoms with Crippen molar-refractivity contribution in [3.63, 3.8) is 0 Å². The van der Waals surface area contributed by atoms with Gasteiger partial charge in [0, 0.05) is 6.42 Å². The van der Waals surface area contributed by atoms with Crippen molar-refractivity contribution in [2.24, 2.45) is 0 Å². The van der Waals surface area contributed by atoms with Crippen LogP contribution in [0.3, 0.4) is 0 Å². The zero-order valence-electron chi connectivity index (χ0n) is 8.68. The number of hydrogen-bond donors (Lipinski definition) is 1. The number of halogens is 4. The van der Waals surface area contributed by atoms with E-state index in [1.807, 2.05) is 0 Å². The first-order valence-electron chi connectivity index (χ1n) is 4.25. The number of aliphatic carboxylic acids is 1. The van der Waals surface area contributed by atoms with Crippen LogP contribution >= 0.6 is 0 Å². The topological polar surface area (TPSA) is 63.6 Å². The molecule has 0 saturated carbocycles. The molecule has 0 rings (SSSR count). The predicted molar refractivity (Wildman–Crippen MR) is 45.5 cm³/mol. The number of carboxylic acid groups (broad SMARTS) is 1. The van der Waals surface area contributed by atoms with E-state index in [1.54, 1.807) is 0 Å². The molecule has 0 spiro atoms. The first kappa shape index (κ1) is 17.1. The van der Waals surface area contributed by atoms with Gasteiger partial charge < -0.3 is 9.84 Å². The number of ether oxygens (including phenoxy) is 1. The molecule has 0 amide bonds. The molecule has 0 atom stereocenters. The molecule has 0 aliphatic carbocycles. The van der Waals surface area contributed by atoms with E-state index in [9.17, 15) is 27.2 Å². The van der Waals surface area contributed by atoms with E-state index in [4.69, 9.17) is 5.11 Å². The van der Waals surface area contributed by atoms with Gasteiger partial charge in [-0.15, -0.1) is 0 Å². The fourth-order valence-corrected chi connectivity index (χ4v) is 0.356. The van der Waals surface area contributed by atoms with E-state index in [2.05, 4.69) is 4.74 Å². The van der Waals surface area contributed by atoms with Gasteiger partial charge in [0.15, 0.2) is 0 Å². The Hall–Kier alpha value is -1.34. The highest BCUT2D eigenvalue weighted by atomic mass is 19.3. The maximum absolute atomic E-state index is 11.7. The van der Waals surface area contributed by atoms with Crippen LogP contribution in [-0.2, 0) is 14.3 Å². The maximum Gasteiger partial charge on any atom is 0.374 e. The molecular weight excluding hydrogens is 236 g/mol. The Labute approximate surface area is 89.2 Å². The van der Waals surface area contributed by atoms with Crippen molar-refractivity contribution in [3.8, 4) is 0 Å². The highest BCUT2D eigenvalue weighted by molar-refractivity contribution is 5.75. The molecule has 16 heavy (non-hydrogen) atoms. The molecule has 0 aromatic heterocycles. The van der Waals surface area contributed by atoms with Crippen LogP contribution in [0, 0.1) is 0 Å². The fourth-order valence-electron chi connectivity index (χ4n) is 0.356. The van der Waals surface area contributed by atoms with Crippen LogP contribution in [0.25, 0.3) is 0 Å². The lowest BCUT2D eigenvalue weighted by Crippen LogP contribution is -2.26. The third-order valence-electron chi connectivity index (χ3n) is 1.22. The predicted octanol–water partition coefficient (Wildman–Crippen LogP) is 1.93. The van der Waals surface area contributed by atoms with Gasteiger partial charge in [-0.1, -0.05) is 6.92 Å². The van der Waals surface area contributed by atoms with Crippen molar-refractivity contribution >= 4 is 11.9 Å². The number of carbonyl (C=O) groups is 2. The van der Waals surface area contributed by atoms with E-state index in [-0.39, 0.29) is 6.61 Å². The van der Waals surface area contributed by atoms with Crippen molar-refractivity contribution in [1.82, 2.24) is 0 Å². The molecule has 0 aromatic rings. The van der Waals surface area contributed by atoms with Crippen LogP contribution in [-0.4, -0.2) is 36.0 Å².